The summed E-state index contributed by atoms with van der Waals surface area (Å²) in [5, 5.41) is 1.04. The first kappa shape index (κ1) is 10.6. The van der Waals surface area contributed by atoms with E-state index in [2.05, 4.69) is 42.3 Å². The summed E-state index contributed by atoms with van der Waals surface area (Å²) in [7, 11) is 0. The smallest absolute Gasteiger partial charge is 0.0169 e. The van der Waals surface area contributed by atoms with Crippen molar-refractivity contribution in [2.24, 2.45) is 0 Å². The SMILES string of the molecule is Br.BrCCNI. The molecule has 0 saturated carbocycles. The van der Waals surface area contributed by atoms with Crippen LogP contribution in [0.5, 0.6) is 0 Å². The van der Waals surface area contributed by atoms with Gasteiger partial charge in [-0.15, -0.1) is 17.0 Å². The molecule has 0 radical (unpaired) electrons. The van der Waals surface area contributed by atoms with Crippen molar-refractivity contribution in [1.29, 1.82) is 0 Å². The average Bonchev–Trinajstić information content (AvgIpc) is 1.41. The molecule has 40 valence electrons. The summed E-state index contributed by atoms with van der Waals surface area (Å²) in [6.45, 7) is 1.04. The summed E-state index contributed by atoms with van der Waals surface area (Å²) in [6.07, 6.45) is 0. The van der Waals surface area contributed by atoms with Crippen molar-refractivity contribution in [3.63, 3.8) is 0 Å². The highest BCUT2D eigenvalue weighted by Crippen LogP contribution is 1.75. The number of halogens is 3. The molecule has 0 aliphatic heterocycles. The third-order valence-electron chi connectivity index (χ3n) is 0.189. The van der Waals surface area contributed by atoms with E-state index in [1.807, 2.05) is 0 Å². The summed E-state index contributed by atoms with van der Waals surface area (Å²) < 4.78 is 2.94. The molecule has 0 aliphatic rings. The standard InChI is InChI=1S/C2H5BrIN.BrH/c3-1-2-5-4;/h5H,1-2H2;1H. The largest absolute Gasteiger partial charge is 0.260 e. The molecule has 0 bridgehead atoms. The van der Waals surface area contributed by atoms with Crippen LogP contribution in [0, 0.1) is 0 Å². The quantitative estimate of drug-likeness (QED) is 0.463. The molecule has 0 saturated heterocycles. The van der Waals surface area contributed by atoms with Crippen molar-refractivity contribution in [3.05, 3.63) is 0 Å². The van der Waals surface area contributed by atoms with Crippen LogP contribution in [0.2, 0.25) is 0 Å². The van der Waals surface area contributed by atoms with Gasteiger partial charge in [0.1, 0.15) is 0 Å². The van der Waals surface area contributed by atoms with Gasteiger partial charge in [-0.3, -0.25) is 3.53 Å². The highest BCUT2D eigenvalue weighted by molar-refractivity contribution is 14.1. The molecule has 4 heteroatoms. The number of hydrogen-bond acceptors (Lipinski definition) is 1. The Balaban J connectivity index is 0. The van der Waals surface area contributed by atoms with E-state index in [0.717, 1.165) is 11.9 Å². The maximum atomic E-state index is 3.24. The minimum Gasteiger partial charge on any atom is -0.260 e. The Labute approximate surface area is 70.7 Å². The van der Waals surface area contributed by atoms with Gasteiger partial charge < -0.3 is 0 Å². The lowest BCUT2D eigenvalue weighted by atomic mass is 10.8. The Morgan fingerprint density at radius 1 is 1.67 bits per heavy atom. The molecule has 1 N–H and O–H groups in total. The lowest BCUT2D eigenvalue weighted by molar-refractivity contribution is 1.10. The van der Waals surface area contributed by atoms with Crippen molar-refractivity contribution < 1.29 is 0 Å². The number of rotatable bonds is 2. The van der Waals surface area contributed by atoms with Crippen molar-refractivity contribution in [1.82, 2.24) is 3.53 Å². The minimum absolute atomic E-state index is 0. The Bertz CT molecular complexity index is 19.0. The molecule has 0 unspecified atom stereocenters. The molecule has 0 fully saturated rings. The summed E-state index contributed by atoms with van der Waals surface area (Å²) >= 11 is 5.35. The zero-order valence-corrected chi connectivity index (χ0v) is 8.53. The van der Waals surface area contributed by atoms with Gasteiger partial charge >= 0.3 is 0 Å². The van der Waals surface area contributed by atoms with Crippen LogP contribution in [0.4, 0.5) is 0 Å². The molecule has 6 heavy (non-hydrogen) atoms. The molecule has 0 aliphatic carbocycles. The second-order valence-electron chi connectivity index (χ2n) is 0.573. The van der Waals surface area contributed by atoms with E-state index in [0.29, 0.717) is 0 Å². The van der Waals surface area contributed by atoms with Crippen LogP contribution >= 0.6 is 55.8 Å². The van der Waals surface area contributed by atoms with E-state index in [4.69, 9.17) is 0 Å². The molecule has 1 nitrogen and oxygen atoms in total. The summed E-state index contributed by atoms with van der Waals surface area (Å²) in [5.74, 6) is 0. The second-order valence-corrected chi connectivity index (χ2v) is 2.13. The normalized spacial score (nSPS) is 7.00. The monoisotopic (exact) mass is 329 g/mol. The maximum Gasteiger partial charge on any atom is 0.0169 e. The van der Waals surface area contributed by atoms with Crippen LogP contribution in [0.15, 0.2) is 0 Å². The van der Waals surface area contributed by atoms with Gasteiger partial charge in [0.05, 0.1) is 0 Å². The van der Waals surface area contributed by atoms with Gasteiger partial charge in [-0.2, -0.15) is 0 Å². The van der Waals surface area contributed by atoms with Crippen LogP contribution in [-0.4, -0.2) is 11.9 Å². The zero-order valence-electron chi connectivity index (χ0n) is 3.08. The Morgan fingerprint density at radius 3 is 2.17 bits per heavy atom. The fourth-order valence-corrected chi connectivity index (χ4v) is 1.24. The summed E-state index contributed by atoms with van der Waals surface area (Å²) in [5.41, 5.74) is 0. The van der Waals surface area contributed by atoms with Crippen molar-refractivity contribution in [3.8, 4) is 0 Å². The zero-order chi connectivity index (χ0) is 4.12. The molecule has 0 atom stereocenters. The molecular weight excluding hydrogens is 325 g/mol. The minimum atomic E-state index is 0. The number of hydrogen-bond donors (Lipinski definition) is 1. The first-order valence-corrected chi connectivity index (χ1v) is 3.51. The van der Waals surface area contributed by atoms with Crippen LogP contribution in [0.25, 0.3) is 0 Å². The molecule has 0 amide bonds. The van der Waals surface area contributed by atoms with Crippen LogP contribution < -0.4 is 3.53 Å². The maximum absolute atomic E-state index is 3.24. The van der Waals surface area contributed by atoms with E-state index in [9.17, 15) is 0 Å². The lowest BCUT2D eigenvalue weighted by Gasteiger charge is -1.80. The fraction of sp³-hybridized carbons (Fsp3) is 1.00. The van der Waals surface area contributed by atoms with Crippen LogP contribution in [0.3, 0.4) is 0 Å². The number of nitrogens with one attached hydrogen (secondary N) is 1. The van der Waals surface area contributed by atoms with Crippen molar-refractivity contribution in [2.75, 3.05) is 11.9 Å². The van der Waals surface area contributed by atoms with E-state index in [1.165, 1.54) is 0 Å². The molecule has 0 spiro atoms. The molecule has 0 heterocycles. The fourth-order valence-electron chi connectivity index (χ4n) is 0.0357. The summed E-state index contributed by atoms with van der Waals surface area (Å²) in [6, 6.07) is 0. The van der Waals surface area contributed by atoms with E-state index in [-0.39, 0.29) is 17.0 Å². The van der Waals surface area contributed by atoms with E-state index < -0.39 is 0 Å². The first-order valence-electron chi connectivity index (χ1n) is 1.31. The van der Waals surface area contributed by atoms with E-state index >= 15 is 0 Å². The Morgan fingerprint density at radius 2 is 2.17 bits per heavy atom. The van der Waals surface area contributed by atoms with Crippen LogP contribution in [-0.2, 0) is 0 Å². The third kappa shape index (κ3) is 9.17. The highest BCUT2D eigenvalue weighted by Gasteiger charge is 1.68. The predicted molar refractivity (Wildman–Crippen MR) is 46.1 cm³/mol. The van der Waals surface area contributed by atoms with Crippen molar-refractivity contribution in [2.45, 2.75) is 0 Å². The van der Waals surface area contributed by atoms with Gasteiger partial charge in [-0.25, -0.2) is 0 Å². The third-order valence-corrected chi connectivity index (χ3v) is 1.12. The van der Waals surface area contributed by atoms with Gasteiger partial charge in [0.25, 0.3) is 0 Å². The second kappa shape index (κ2) is 9.82. The topological polar surface area (TPSA) is 12.0 Å². The summed E-state index contributed by atoms with van der Waals surface area (Å²) in [4.78, 5) is 0. The molecule has 0 aromatic rings. The predicted octanol–water partition coefficient (Wildman–Crippen LogP) is 1.90. The molecule has 0 aromatic carbocycles. The van der Waals surface area contributed by atoms with Gasteiger partial charge in [0, 0.05) is 34.7 Å². The van der Waals surface area contributed by atoms with Gasteiger partial charge in [0.15, 0.2) is 0 Å². The molecule has 0 rings (SSSR count). The first-order chi connectivity index (χ1) is 2.41. The van der Waals surface area contributed by atoms with Crippen LogP contribution in [0.1, 0.15) is 0 Å². The molecular formula is C2H6Br2IN. The van der Waals surface area contributed by atoms with Crippen molar-refractivity contribution >= 4 is 55.8 Å². The Kier molecular flexibility index (Phi) is 17.3. The van der Waals surface area contributed by atoms with Gasteiger partial charge in [-0.1, -0.05) is 15.9 Å². The lowest BCUT2D eigenvalue weighted by Crippen LogP contribution is -1.98. The highest BCUT2D eigenvalue weighted by atomic mass is 127. The molecule has 0 aromatic heterocycles. The Hall–Kier alpha value is 1.65. The van der Waals surface area contributed by atoms with Gasteiger partial charge in [0.2, 0.25) is 0 Å². The van der Waals surface area contributed by atoms with E-state index in [1.54, 1.807) is 0 Å². The van der Waals surface area contributed by atoms with Gasteiger partial charge in [-0.05, 0) is 0 Å². The average molecular weight is 331 g/mol. The number of alkyl halides is 1.